The molecule has 0 saturated heterocycles. The molecule has 86 valence electrons. The van der Waals surface area contributed by atoms with Gasteiger partial charge in [0.2, 0.25) is 0 Å². The maximum absolute atomic E-state index is 3.84. The van der Waals surface area contributed by atoms with Crippen LogP contribution in [0.3, 0.4) is 0 Å². The molecule has 0 N–H and O–H groups in total. The summed E-state index contributed by atoms with van der Waals surface area (Å²) in [6.07, 6.45) is 5.65. The highest BCUT2D eigenvalue weighted by Crippen LogP contribution is 2.17. The van der Waals surface area contributed by atoms with Crippen molar-refractivity contribution >= 4 is 10.9 Å². The monoisotopic (exact) mass is 226 g/mol. The molecule has 0 fully saturated rings. The fraction of sp³-hybridized carbons (Fsp3) is 0.231. The second-order valence-electron chi connectivity index (χ2n) is 4.29. The topological polar surface area (TPSA) is 35.6 Å². The summed E-state index contributed by atoms with van der Waals surface area (Å²) in [5, 5.41) is 8.96. The van der Waals surface area contributed by atoms with E-state index in [4.69, 9.17) is 0 Å². The first-order valence-electron chi connectivity index (χ1n) is 5.72. The third-order valence-electron chi connectivity index (χ3n) is 3.09. The highest BCUT2D eigenvalue weighted by Gasteiger charge is 2.07. The predicted molar refractivity (Wildman–Crippen MR) is 66.7 cm³/mol. The molecular weight excluding hydrogens is 212 g/mol. The number of fused-ring (bicyclic) bond motifs is 1. The van der Waals surface area contributed by atoms with E-state index in [-0.39, 0.29) is 0 Å². The molecule has 1 aromatic carbocycles. The molecule has 0 amide bonds. The molecule has 2 aromatic heterocycles. The van der Waals surface area contributed by atoms with Gasteiger partial charge in [0.15, 0.2) is 0 Å². The lowest BCUT2D eigenvalue weighted by atomic mass is 10.2. The summed E-state index contributed by atoms with van der Waals surface area (Å²) in [4.78, 5) is 0. The molecule has 1 atom stereocenters. The van der Waals surface area contributed by atoms with Gasteiger partial charge in [0, 0.05) is 18.3 Å². The van der Waals surface area contributed by atoms with E-state index in [9.17, 15) is 0 Å². The van der Waals surface area contributed by atoms with Crippen molar-refractivity contribution < 1.29 is 0 Å². The Morgan fingerprint density at radius 1 is 1.12 bits per heavy atom. The molecule has 2 heterocycles. The van der Waals surface area contributed by atoms with Crippen LogP contribution in [-0.4, -0.2) is 19.3 Å². The molecule has 17 heavy (non-hydrogen) atoms. The zero-order valence-electron chi connectivity index (χ0n) is 9.69. The van der Waals surface area contributed by atoms with Crippen LogP contribution in [0.4, 0.5) is 0 Å². The van der Waals surface area contributed by atoms with Crippen LogP contribution in [0.5, 0.6) is 0 Å². The number of rotatable bonds is 3. The summed E-state index contributed by atoms with van der Waals surface area (Å²) in [5.41, 5.74) is 1.27. The normalized spacial score (nSPS) is 13.0. The van der Waals surface area contributed by atoms with Gasteiger partial charge in [-0.2, -0.15) is 0 Å². The van der Waals surface area contributed by atoms with E-state index < -0.39 is 0 Å². The zero-order chi connectivity index (χ0) is 11.7. The Kier molecular flexibility index (Phi) is 2.40. The molecular formula is C13H14N4. The number of hydrogen-bond acceptors (Lipinski definition) is 2. The lowest BCUT2D eigenvalue weighted by molar-refractivity contribution is 0.471. The van der Waals surface area contributed by atoms with Crippen molar-refractivity contribution in [2.75, 3.05) is 0 Å². The molecule has 4 nitrogen and oxygen atoms in total. The SMILES string of the molecule is CC(Cn1ccc2ccccc21)n1cnnc1. The lowest BCUT2D eigenvalue weighted by Gasteiger charge is -2.14. The van der Waals surface area contributed by atoms with Gasteiger partial charge < -0.3 is 9.13 Å². The smallest absolute Gasteiger partial charge is 0.119 e. The Bertz CT molecular complexity index is 609. The molecule has 0 aliphatic heterocycles. The van der Waals surface area contributed by atoms with Crippen LogP contribution in [-0.2, 0) is 6.54 Å². The first-order valence-corrected chi connectivity index (χ1v) is 5.72. The van der Waals surface area contributed by atoms with E-state index in [0.29, 0.717) is 6.04 Å². The second kappa shape index (κ2) is 4.05. The number of para-hydroxylation sites is 1. The predicted octanol–water partition coefficient (Wildman–Crippen LogP) is 2.49. The minimum absolute atomic E-state index is 0.348. The van der Waals surface area contributed by atoms with Crippen molar-refractivity contribution in [1.82, 2.24) is 19.3 Å². The van der Waals surface area contributed by atoms with Crippen LogP contribution in [0.15, 0.2) is 49.2 Å². The standard InChI is InChI=1S/C13H14N4/c1-11(17-9-14-15-10-17)8-16-7-6-12-4-2-3-5-13(12)16/h2-7,9-11H,8H2,1H3. The number of benzene rings is 1. The molecule has 1 unspecified atom stereocenters. The first kappa shape index (κ1) is 10.1. The van der Waals surface area contributed by atoms with E-state index in [0.717, 1.165) is 6.54 Å². The molecule has 4 heteroatoms. The molecule has 0 aliphatic rings. The molecule has 3 aromatic rings. The fourth-order valence-corrected chi connectivity index (χ4v) is 2.12. The first-order chi connectivity index (χ1) is 8.34. The van der Waals surface area contributed by atoms with Gasteiger partial charge in [0.1, 0.15) is 12.7 Å². The number of nitrogens with zero attached hydrogens (tertiary/aromatic N) is 4. The largest absolute Gasteiger partial charge is 0.345 e. The Labute approximate surface area is 99.5 Å². The number of aromatic nitrogens is 4. The average Bonchev–Trinajstić information content (AvgIpc) is 2.98. The van der Waals surface area contributed by atoms with Crippen molar-refractivity contribution in [3.63, 3.8) is 0 Å². The van der Waals surface area contributed by atoms with Crippen molar-refractivity contribution in [1.29, 1.82) is 0 Å². The Morgan fingerprint density at radius 3 is 2.71 bits per heavy atom. The fourth-order valence-electron chi connectivity index (χ4n) is 2.12. The van der Waals surface area contributed by atoms with Crippen LogP contribution in [0.1, 0.15) is 13.0 Å². The van der Waals surface area contributed by atoms with Crippen LogP contribution in [0, 0.1) is 0 Å². The Balaban J connectivity index is 1.90. The van der Waals surface area contributed by atoms with Gasteiger partial charge in [0.25, 0.3) is 0 Å². The Hall–Kier alpha value is -2.10. The van der Waals surface area contributed by atoms with Gasteiger partial charge in [-0.25, -0.2) is 0 Å². The Morgan fingerprint density at radius 2 is 1.88 bits per heavy atom. The van der Waals surface area contributed by atoms with Crippen LogP contribution in [0.2, 0.25) is 0 Å². The third-order valence-corrected chi connectivity index (χ3v) is 3.09. The van der Waals surface area contributed by atoms with Crippen LogP contribution >= 0.6 is 0 Å². The van der Waals surface area contributed by atoms with Crippen LogP contribution in [0.25, 0.3) is 10.9 Å². The summed E-state index contributed by atoms with van der Waals surface area (Å²) in [6.45, 7) is 3.09. The maximum Gasteiger partial charge on any atom is 0.119 e. The van der Waals surface area contributed by atoms with Gasteiger partial charge in [-0.1, -0.05) is 18.2 Å². The summed E-state index contributed by atoms with van der Waals surface area (Å²) in [6, 6.07) is 10.9. The van der Waals surface area contributed by atoms with E-state index in [1.165, 1.54) is 10.9 Å². The van der Waals surface area contributed by atoms with Crippen molar-refractivity contribution in [3.8, 4) is 0 Å². The van der Waals surface area contributed by atoms with E-state index >= 15 is 0 Å². The van der Waals surface area contributed by atoms with Crippen LogP contribution < -0.4 is 0 Å². The van der Waals surface area contributed by atoms with Gasteiger partial charge in [0.05, 0.1) is 6.04 Å². The molecule has 3 rings (SSSR count). The highest BCUT2D eigenvalue weighted by molar-refractivity contribution is 5.79. The van der Waals surface area contributed by atoms with Crippen molar-refractivity contribution in [2.24, 2.45) is 0 Å². The van der Waals surface area contributed by atoms with E-state index in [1.54, 1.807) is 12.7 Å². The third kappa shape index (κ3) is 1.82. The zero-order valence-corrected chi connectivity index (χ0v) is 9.69. The summed E-state index contributed by atoms with van der Waals surface area (Å²) >= 11 is 0. The molecule has 0 aliphatic carbocycles. The van der Waals surface area contributed by atoms with Gasteiger partial charge >= 0.3 is 0 Å². The van der Waals surface area contributed by atoms with E-state index in [1.807, 2.05) is 4.57 Å². The molecule has 0 bridgehead atoms. The average molecular weight is 226 g/mol. The van der Waals surface area contributed by atoms with Crippen molar-refractivity contribution in [2.45, 2.75) is 19.5 Å². The molecule has 0 radical (unpaired) electrons. The summed E-state index contributed by atoms with van der Waals surface area (Å²) < 4.78 is 4.29. The van der Waals surface area contributed by atoms with E-state index in [2.05, 4.69) is 58.2 Å². The van der Waals surface area contributed by atoms with Gasteiger partial charge in [-0.05, 0) is 24.4 Å². The van der Waals surface area contributed by atoms with Gasteiger partial charge in [-0.15, -0.1) is 10.2 Å². The quantitative estimate of drug-likeness (QED) is 0.687. The summed E-state index contributed by atoms with van der Waals surface area (Å²) in [7, 11) is 0. The maximum atomic E-state index is 3.84. The molecule has 0 spiro atoms. The molecule has 0 saturated carbocycles. The minimum atomic E-state index is 0.348. The summed E-state index contributed by atoms with van der Waals surface area (Å²) in [5.74, 6) is 0. The second-order valence-corrected chi connectivity index (χ2v) is 4.29. The number of hydrogen-bond donors (Lipinski definition) is 0. The lowest BCUT2D eigenvalue weighted by Crippen LogP contribution is -2.10. The highest BCUT2D eigenvalue weighted by atomic mass is 15.2. The van der Waals surface area contributed by atoms with Crippen molar-refractivity contribution in [3.05, 3.63) is 49.2 Å². The van der Waals surface area contributed by atoms with Gasteiger partial charge in [-0.3, -0.25) is 0 Å². The minimum Gasteiger partial charge on any atom is -0.345 e.